The van der Waals surface area contributed by atoms with Crippen LogP contribution in [0.2, 0.25) is 0 Å². The molecule has 6 nitrogen and oxygen atoms in total. The maximum atomic E-state index is 12.6. The third kappa shape index (κ3) is 8.74. The van der Waals surface area contributed by atoms with Gasteiger partial charge >= 0.3 is 11.9 Å². The van der Waals surface area contributed by atoms with Gasteiger partial charge in [-0.25, -0.2) is 0 Å². The summed E-state index contributed by atoms with van der Waals surface area (Å²) in [6.45, 7) is 24.4. The Labute approximate surface area is 241 Å². The summed E-state index contributed by atoms with van der Waals surface area (Å²) in [7, 11) is 0. The molecule has 0 saturated heterocycles. The van der Waals surface area contributed by atoms with Crippen LogP contribution in [-0.2, 0) is 31.2 Å². The van der Waals surface area contributed by atoms with E-state index in [2.05, 4.69) is 41.5 Å². The minimum Gasteiger partial charge on any atom is -0.504 e. The molecular weight excluding hydrogens is 504 g/mol. The highest BCUT2D eigenvalue weighted by Crippen LogP contribution is 2.43. The summed E-state index contributed by atoms with van der Waals surface area (Å²) in [6, 6.07) is 7.39. The van der Waals surface area contributed by atoms with Gasteiger partial charge in [0.05, 0.1) is 0 Å². The average molecular weight is 555 g/mol. The van der Waals surface area contributed by atoms with E-state index in [0.717, 1.165) is 22.3 Å². The lowest BCUT2D eigenvalue weighted by molar-refractivity contribution is -0.136. The number of phenolic OH excluding ortho intramolecular Hbond substituents is 2. The molecule has 2 N–H and O–H groups in total. The van der Waals surface area contributed by atoms with Crippen LogP contribution in [0.4, 0.5) is 0 Å². The Hall–Kier alpha value is -3.02. The molecule has 0 atom stereocenters. The first-order chi connectivity index (χ1) is 18.0. The summed E-state index contributed by atoms with van der Waals surface area (Å²) in [5.74, 6) is -0.676. The Balaban J connectivity index is 2.06. The van der Waals surface area contributed by atoms with Crippen molar-refractivity contribution in [1.29, 1.82) is 0 Å². The van der Waals surface area contributed by atoms with Gasteiger partial charge in [0.1, 0.15) is 0 Å². The molecule has 0 unspecified atom stereocenters. The Kier molecular flexibility index (Phi) is 9.82. The second-order valence-electron chi connectivity index (χ2n) is 14.9. The number of ether oxygens (including phenoxy) is 2. The maximum absolute atomic E-state index is 12.6. The number of benzene rings is 2. The highest BCUT2D eigenvalue weighted by Gasteiger charge is 2.28. The van der Waals surface area contributed by atoms with E-state index in [9.17, 15) is 19.8 Å². The number of hydrogen-bond acceptors (Lipinski definition) is 6. The molecule has 0 saturated carbocycles. The van der Waals surface area contributed by atoms with Gasteiger partial charge in [-0.3, -0.25) is 9.59 Å². The van der Waals surface area contributed by atoms with Crippen molar-refractivity contribution in [2.24, 2.45) is 0 Å². The molecule has 0 aliphatic carbocycles. The Morgan fingerprint density at radius 2 is 0.850 bits per heavy atom. The fraction of sp³-hybridized carbons (Fsp3) is 0.588. The maximum Gasteiger partial charge on any atom is 0.311 e. The van der Waals surface area contributed by atoms with Crippen molar-refractivity contribution in [1.82, 2.24) is 0 Å². The summed E-state index contributed by atoms with van der Waals surface area (Å²) < 4.78 is 11.2. The lowest BCUT2D eigenvalue weighted by Crippen LogP contribution is -2.18. The Bertz CT molecular complexity index is 1130. The van der Waals surface area contributed by atoms with Gasteiger partial charge in [0.25, 0.3) is 0 Å². The number of aromatic hydroxyl groups is 2. The molecule has 222 valence electrons. The number of phenols is 2. The standard InChI is InChI=1S/C34H50O6/c1-31(2,3)21-17-23(33(7,8)9)29(37)25(19-21)39-27(35)15-13-14-16-28(36)40-26-20-22(32(4,5)6)18-24(30(26)38)34(10,11)12/h17-20,37-38H,13-16H2,1-12H3. The summed E-state index contributed by atoms with van der Waals surface area (Å²) in [4.78, 5) is 25.3. The third-order valence-corrected chi connectivity index (χ3v) is 6.96. The van der Waals surface area contributed by atoms with Gasteiger partial charge in [-0.05, 0) is 57.8 Å². The number of hydrogen-bond donors (Lipinski definition) is 2. The van der Waals surface area contributed by atoms with Crippen LogP contribution in [0.1, 0.15) is 131 Å². The summed E-state index contributed by atoms with van der Waals surface area (Å²) in [5, 5.41) is 21.7. The molecule has 6 heteroatoms. The largest absolute Gasteiger partial charge is 0.504 e. The van der Waals surface area contributed by atoms with Gasteiger partial charge in [-0.1, -0.05) is 95.2 Å². The molecule has 2 rings (SSSR count). The third-order valence-electron chi connectivity index (χ3n) is 6.96. The van der Waals surface area contributed by atoms with Crippen molar-refractivity contribution in [3.63, 3.8) is 0 Å². The average Bonchev–Trinajstić information content (AvgIpc) is 2.76. The molecule has 0 spiro atoms. The SMILES string of the molecule is CC(C)(C)c1cc(OC(=O)CCCCC(=O)Oc2cc(C(C)(C)C)cc(C(C)(C)C)c2O)c(O)c(C(C)(C)C)c1. The van der Waals surface area contributed by atoms with Crippen LogP contribution >= 0.6 is 0 Å². The van der Waals surface area contributed by atoms with Crippen LogP contribution in [0.5, 0.6) is 23.0 Å². The lowest BCUT2D eigenvalue weighted by atomic mass is 9.80. The summed E-state index contributed by atoms with van der Waals surface area (Å²) in [5.41, 5.74) is 2.33. The summed E-state index contributed by atoms with van der Waals surface area (Å²) in [6.07, 6.45) is 1.02. The second-order valence-corrected chi connectivity index (χ2v) is 14.9. The molecule has 0 aromatic heterocycles. The van der Waals surface area contributed by atoms with Gasteiger partial charge in [0.2, 0.25) is 0 Å². The first-order valence-electron chi connectivity index (χ1n) is 14.2. The number of esters is 2. The minimum absolute atomic E-state index is 0.0238. The van der Waals surface area contributed by atoms with E-state index in [-0.39, 0.29) is 57.5 Å². The van der Waals surface area contributed by atoms with Crippen molar-refractivity contribution in [2.75, 3.05) is 0 Å². The van der Waals surface area contributed by atoms with Crippen molar-refractivity contribution < 1.29 is 29.3 Å². The van der Waals surface area contributed by atoms with Crippen molar-refractivity contribution in [3.05, 3.63) is 46.5 Å². The van der Waals surface area contributed by atoms with Crippen molar-refractivity contribution >= 4 is 11.9 Å². The predicted molar refractivity (Wildman–Crippen MR) is 161 cm³/mol. The number of carbonyl (C=O) groups excluding carboxylic acids is 2. The predicted octanol–water partition coefficient (Wildman–Crippen LogP) is 8.36. The van der Waals surface area contributed by atoms with E-state index in [1.54, 1.807) is 12.1 Å². The number of unbranched alkanes of at least 4 members (excludes halogenated alkanes) is 1. The Morgan fingerprint density at radius 1 is 0.550 bits per heavy atom. The van der Waals surface area contributed by atoms with Crippen LogP contribution in [-0.4, -0.2) is 22.2 Å². The quantitative estimate of drug-likeness (QED) is 0.203. The van der Waals surface area contributed by atoms with Gasteiger partial charge in [-0.15, -0.1) is 0 Å². The highest BCUT2D eigenvalue weighted by molar-refractivity contribution is 5.75. The molecule has 0 heterocycles. The van der Waals surface area contributed by atoms with Gasteiger partial charge < -0.3 is 19.7 Å². The molecular formula is C34H50O6. The van der Waals surface area contributed by atoms with Crippen LogP contribution < -0.4 is 9.47 Å². The molecule has 0 aliphatic heterocycles. The van der Waals surface area contributed by atoms with Gasteiger partial charge in [0, 0.05) is 24.0 Å². The zero-order valence-corrected chi connectivity index (χ0v) is 26.7. The molecule has 2 aromatic rings. The van der Waals surface area contributed by atoms with E-state index in [4.69, 9.17) is 9.47 Å². The molecule has 0 bridgehead atoms. The van der Waals surface area contributed by atoms with Crippen LogP contribution in [0.25, 0.3) is 0 Å². The monoisotopic (exact) mass is 554 g/mol. The van der Waals surface area contributed by atoms with Crippen molar-refractivity contribution in [2.45, 2.75) is 130 Å². The van der Waals surface area contributed by atoms with Crippen LogP contribution in [0.15, 0.2) is 24.3 Å². The smallest absolute Gasteiger partial charge is 0.311 e. The Morgan fingerprint density at radius 3 is 1.10 bits per heavy atom. The fourth-order valence-electron chi connectivity index (χ4n) is 4.27. The zero-order chi connectivity index (χ0) is 30.8. The highest BCUT2D eigenvalue weighted by atomic mass is 16.5. The van der Waals surface area contributed by atoms with E-state index in [1.807, 2.05) is 53.7 Å². The zero-order valence-electron chi connectivity index (χ0n) is 26.7. The molecule has 2 aromatic carbocycles. The van der Waals surface area contributed by atoms with Crippen LogP contribution in [0, 0.1) is 0 Å². The summed E-state index contributed by atoms with van der Waals surface area (Å²) >= 11 is 0. The second kappa shape index (κ2) is 11.8. The number of carbonyl (C=O) groups is 2. The molecule has 0 aliphatic rings. The van der Waals surface area contributed by atoms with Gasteiger partial charge in [-0.2, -0.15) is 0 Å². The van der Waals surface area contributed by atoms with E-state index in [0.29, 0.717) is 12.8 Å². The normalized spacial score (nSPS) is 12.8. The van der Waals surface area contributed by atoms with Crippen molar-refractivity contribution in [3.8, 4) is 23.0 Å². The lowest BCUT2D eigenvalue weighted by Gasteiger charge is -2.27. The molecule has 40 heavy (non-hydrogen) atoms. The molecule has 0 amide bonds. The molecule has 0 radical (unpaired) electrons. The van der Waals surface area contributed by atoms with E-state index >= 15 is 0 Å². The van der Waals surface area contributed by atoms with E-state index < -0.39 is 11.9 Å². The first-order valence-corrected chi connectivity index (χ1v) is 14.2. The topological polar surface area (TPSA) is 93.1 Å². The van der Waals surface area contributed by atoms with Gasteiger partial charge in [0.15, 0.2) is 23.0 Å². The van der Waals surface area contributed by atoms with E-state index in [1.165, 1.54) is 0 Å². The number of rotatable bonds is 7. The molecule has 0 fully saturated rings. The van der Waals surface area contributed by atoms with Crippen LogP contribution in [0.3, 0.4) is 0 Å². The fourth-order valence-corrected chi connectivity index (χ4v) is 4.27. The minimum atomic E-state index is -0.472. The first kappa shape index (κ1) is 33.2.